The van der Waals surface area contributed by atoms with E-state index in [-0.39, 0.29) is 11.7 Å². The van der Waals surface area contributed by atoms with Gasteiger partial charge in [-0.2, -0.15) is 0 Å². The molecule has 0 aliphatic rings. The Bertz CT molecular complexity index is 680. The predicted molar refractivity (Wildman–Crippen MR) is 89.9 cm³/mol. The smallest absolute Gasteiger partial charge is 0.227 e. The van der Waals surface area contributed by atoms with Gasteiger partial charge in [-0.1, -0.05) is 30.0 Å². The number of carbonyl (C=O) groups is 1. The third kappa shape index (κ3) is 3.67. The number of amides is 1. The van der Waals surface area contributed by atoms with E-state index in [9.17, 15) is 4.79 Å². The molecule has 6 nitrogen and oxygen atoms in total. The highest BCUT2D eigenvalue weighted by Gasteiger charge is 2.14. The number of rotatable bonds is 7. The number of hydrogen-bond donors (Lipinski definition) is 1. The number of primary amides is 1. The van der Waals surface area contributed by atoms with Gasteiger partial charge in [0.05, 0.1) is 5.75 Å². The number of nitrogens with two attached hydrogens (primary N) is 1. The summed E-state index contributed by atoms with van der Waals surface area (Å²) < 4.78 is 1.93. The Balaban J connectivity index is 2.39. The van der Waals surface area contributed by atoms with Gasteiger partial charge in [0, 0.05) is 31.9 Å². The SMILES string of the molecule is C=CCn1c(SCC(N)=O)nnc1-c1cccc(N(C)C)c1. The van der Waals surface area contributed by atoms with E-state index in [0.717, 1.165) is 17.1 Å². The molecule has 0 bridgehead atoms. The van der Waals surface area contributed by atoms with Crippen LogP contribution in [-0.2, 0) is 11.3 Å². The molecule has 1 aromatic carbocycles. The highest BCUT2D eigenvalue weighted by molar-refractivity contribution is 7.99. The lowest BCUT2D eigenvalue weighted by Gasteiger charge is -2.14. The van der Waals surface area contributed by atoms with E-state index in [4.69, 9.17) is 5.73 Å². The molecule has 7 heteroatoms. The van der Waals surface area contributed by atoms with Crippen LogP contribution in [0, 0.1) is 0 Å². The van der Waals surface area contributed by atoms with Crippen LogP contribution in [0.5, 0.6) is 0 Å². The van der Waals surface area contributed by atoms with Gasteiger partial charge in [-0.05, 0) is 12.1 Å². The fourth-order valence-corrected chi connectivity index (χ4v) is 2.65. The second kappa shape index (κ2) is 7.13. The van der Waals surface area contributed by atoms with Crippen molar-refractivity contribution in [1.29, 1.82) is 0 Å². The van der Waals surface area contributed by atoms with Gasteiger partial charge in [0.15, 0.2) is 11.0 Å². The summed E-state index contributed by atoms with van der Waals surface area (Å²) in [5.41, 5.74) is 7.24. The second-order valence-electron chi connectivity index (χ2n) is 4.91. The topological polar surface area (TPSA) is 77.0 Å². The highest BCUT2D eigenvalue weighted by atomic mass is 32.2. The minimum atomic E-state index is -0.380. The summed E-state index contributed by atoms with van der Waals surface area (Å²) in [5, 5.41) is 9.08. The van der Waals surface area contributed by atoms with Crippen molar-refractivity contribution in [2.24, 2.45) is 5.73 Å². The van der Waals surface area contributed by atoms with Crippen molar-refractivity contribution in [2.45, 2.75) is 11.7 Å². The number of anilines is 1. The van der Waals surface area contributed by atoms with E-state index >= 15 is 0 Å². The first kappa shape index (κ1) is 16.1. The fourth-order valence-electron chi connectivity index (χ4n) is 1.96. The quantitative estimate of drug-likeness (QED) is 0.622. The summed E-state index contributed by atoms with van der Waals surface area (Å²) in [6.45, 7) is 4.33. The van der Waals surface area contributed by atoms with E-state index in [2.05, 4.69) is 16.8 Å². The van der Waals surface area contributed by atoms with Crippen LogP contribution in [-0.4, -0.2) is 40.5 Å². The van der Waals surface area contributed by atoms with Gasteiger partial charge in [-0.15, -0.1) is 16.8 Å². The molecule has 2 N–H and O–H groups in total. The third-order valence-corrected chi connectivity index (χ3v) is 3.98. The Kier molecular flexibility index (Phi) is 5.21. The number of nitrogens with zero attached hydrogens (tertiary/aromatic N) is 4. The van der Waals surface area contributed by atoms with Gasteiger partial charge < -0.3 is 10.6 Å². The van der Waals surface area contributed by atoms with E-state index in [0.29, 0.717) is 11.7 Å². The average molecular weight is 317 g/mol. The normalized spacial score (nSPS) is 10.5. The van der Waals surface area contributed by atoms with Crippen molar-refractivity contribution in [3.8, 4) is 11.4 Å². The summed E-state index contributed by atoms with van der Waals surface area (Å²) in [4.78, 5) is 13.0. The zero-order valence-corrected chi connectivity index (χ0v) is 13.5. The highest BCUT2D eigenvalue weighted by Crippen LogP contribution is 2.26. The Hall–Kier alpha value is -2.28. The minimum absolute atomic E-state index is 0.174. The summed E-state index contributed by atoms with van der Waals surface area (Å²) >= 11 is 1.28. The van der Waals surface area contributed by atoms with Crippen molar-refractivity contribution in [3.63, 3.8) is 0 Å². The van der Waals surface area contributed by atoms with Crippen LogP contribution in [0.25, 0.3) is 11.4 Å². The standard InChI is InChI=1S/C15H19N5OS/c1-4-8-20-14(17-18-15(20)22-10-13(16)21)11-6-5-7-12(9-11)19(2)3/h4-7,9H,1,8,10H2,2-3H3,(H2,16,21). The largest absolute Gasteiger partial charge is 0.378 e. The van der Waals surface area contributed by atoms with E-state index in [1.807, 2.05) is 47.8 Å². The van der Waals surface area contributed by atoms with Crippen LogP contribution >= 0.6 is 11.8 Å². The molecule has 0 aliphatic heterocycles. The molecule has 2 aromatic rings. The molecule has 1 heterocycles. The van der Waals surface area contributed by atoms with Crippen LogP contribution in [0.15, 0.2) is 42.1 Å². The van der Waals surface area contributed by atoms with Gasteiger partial charge >= 0.3 is 0 Å². The molecule has 0 unspecified atom stereocenters. The molecule has 0 spiro atoms. The molecule has 22 heavy (non-hydrogen) atoms. The molecule has 0 atom stereocenters. The van der Waals surface area contributed by atoms with E-state index in [1.165, 1.54) is 11.8 Å². The van der Waals surface area contributed by atoms with Gasteiger partial charge in [-0.25, -0.2) is 0 Å². The van der Waals surface area contributed by atoms with Crippen LogP contribution in [0.3, 0.4) is 0 Å². The average Bonchev–Trinajstić information content (AvgIpc) is 2.88. The second-order valence-corrected chi connectivity index (χ2v) is 5.85. The van der Waals surface area contributed by atoms with Gasteiger partial charge in [-0.3, -0.25) is 9.36 Å². The van der Waals surface area contributed by atoms with Crippen molar-refractivity contribution in [1.82, 2.24) is 14.8 Å². The number of hydrogen-bond acceptors (Lipinski definition) is 5. The molecule has 0 saturated carbocycles. The van der Waals surface area contributed by atoms with Gasteiger partial charge in [0.2, 0.25) is 5.91 Å². The van der Waals surface area contributed by atoms with Crippen LogP contribution in [0.1, 0.15) is 0 Å². The zero-order valence-electron chi connectivity index (χ0n) is 12.7. The lowest BCUT2D eigenvalue weighted by Crippen LogP contribution is -2.14. The monoisotopic (exact) mass is 317 g/mol. The zero-order chi connectivity index (χ0) is 16.1. The van der Waals surface area contributed by atoms with Crippen molar-refractivity contribution in [3.05, 3.63) is 36.9 Å². The molecule has 0 radical (unpaired) electrons. The number of thioether (sulfide) groups is 1. The molecule has 1 aromatic heterocycles. The van der Waals surface area contributed by atoms with Gasteiger partial charge in [0.1, 0.15) is 0 Å². The molecule has 1 amide bonds. The van der Waals surface area contributed by atoms with Crippen LogP contribution in [0.2, 0.25) is 0 Å². The Morgan fingerprint density at radius 2 is 2.23 bits per heavy atom. The van der Waals surface area contributed by atoms with Gasteiger partial charge in [0.25, 0.3) is 0 Å². The maximum Gasteiger partial charge on any atom is 0.227 e. The molecule has 0 saturated heterocycles. The molecular weight excluding hydrogens is 298 g/mol. The number of allylic oxidation sites excluding steroid dienone is 1. The molecule has 0 aliphatic carbocycles. The van der Waals surface area contributed by atoms with Crippen molar-refractivity contribution in [2.75, 3.05) is 24.7 Å². The maximum atomic E-state index is 11.0. The maximum absolute atomic E-state index is 11.0. The Labute approximate surface area is 134 Å². The minimum Gasteiger partial charge on any atom is -0.378 e. The summed E-state index contributed by atoms with van der Waals surface area (Å²) in [6.07, 6.45) is 1.77. The third-order valence-electron chi connectivity index (χ3n) is 2.99. The summed E-state index contributed by atoms with van der Waals surface area (Å²) in [6, 6.07) is 8.04. The van der Waals surface area contributed by atoms with Crippen molar-refractivity contribution >= 4 is 23.4 Å². The summed E-state index contributed by atoms with van der Waals surface area (Å²) in [5.74, 6) is 0.539. The first-order valence-corrected chi connectivity index (χ1v) is 7.74. The van der Waals surface area contributed by atoms with Crippen molar-refractivity contribution < 1.29 is 4.79 Å². The van der Waals surface area contributed by atoms with E-state index in [1.54, 1.807) is 6.08 Å². The number of carbonyl (C=O) groups excluding carboxylic acids is 1. The number of benzene rings is 1. The molecule has 2 rings (SSSR count). The molecular formula is C15H19N5OS. The first-order valence-electron chi connectivity index (χ1n) is 6.76. The summed E-state index contributed by atoms with van der Waals surface area (Å²) in [7, 11) is 3.98. The Morgan fingerprint density at radius 1 is 1.45 bits per heavy atom. The first-order chi connectivity index (χ1) is 10.5. The predicted octanol–water partition coefficient (Wildman–Crippen LogP) is 1.77. The fraction of sp³-hybridized carbons (Fsp3) is 0.267. The number of aromatic nitrogens is 3. The van der Waals surface area contributed by atoms with Crippen LogP contribution in [0.4, 0.5) is 5.69 Å². The lowest BCUT2D eigenvalue weighted by atomic mass is 10.2. The molecule has 0 fully saturated rings. The lowest BCUT2D eigenvalue weighted by molar-refractivity contribution is -0.115. The molecule has 116 valence electrons. The Morgan fingerprint density at radius 3 is 2.86 bits per heavy atom. The van der Waals surface area contributed by atoms with E-state index < -0.39 is 0 Å². The van der Waals surface area contributed by atoms with Crippen LogP contribution < -0.4 is 10.6 Å².